The molecule has 1 atom stereocenters. The van der Waals surface area contributed by atoms with E-state index in [0.717, 1.165) is 25.0 Å². The lowest BCUT2D eigenvalue weighted by atomic mass is 10.0. The molecule has 2 aromatic carbocycles. The van der Waals surface area contributed by atoms with E-state index >= 15 is 0 Å². The van der Waals surface area contributed by atoms with Gasteiger partial charge in [0, 0.05) is 25.2 Å². The van der Waals surface area contributed by atoms with Crippen LogP contribution in [0.25, 0.3) is 0 Å². The summed E-state index contributed by atoms with van der Waals surface area (Å²) in [6.07, 6.45) is 1.65. The molecule has 11 heteroatoms. The lowest BCUT2D eigenvalue weighted by Gasteiger charge is -2.30. The number of rotatable bonds is 6. The summed E-state index contributed by atoms with van der Waals surface area (Å²) < 4.78 is 32.5. The summed E-state index contributed by atoms with van der Waals surface area (Å²) in [4.78, 5) is 21.0. The van der Waals surface area contributed by atoms with E-state index in [1.165, 1.54) is 34.6 Å². The van der Waals surface area contributed by atoms with Crippen LogP contribution in [0.4, 0.5) is 11.4 Å². The van der Waals surface area contributed by atoms with E-state index in [2.05, 4.69) is 0 Å². The van der Waals surface area contributed by atoms with Gasteiger partial charge in [0.05, 0.1) is 14.7 Å². The zero-order chi connectivity index (χ0) is 21.2. The minimum Gasteiger partial charge on any atom is -0.443 e. The van der Waals surface area contributed by atoms with Crippen molar-refractivity contribution in [1.82, 2.24) is 4.31 Å². The van der Waals surface area contributed by atoms with Crippen LogP contribution in [0.15, 0.2) is 47.4 Å². The van der Waals surface area contributed by atoms with Crippen LogP contribution in [0.2, 0.25) is 0 Å². The summed E-state index contributed by atoms with van der Waals surface area (Å²) in [5.74, 6) is -0.258. The van der Waals surface area contributed by atoms with E-state index in [0.29, 0.717) is 13.1 Å². The summed E-state index contributed by atoms with van der Waals surface area (Å²) in [5, 5.41) is 22.6. The molecule has 3 rings (SSSR count). The van der Waals surface area contributed by atoms with E-state index in [1.54, 1.807) is 0 Å². The fourth-order valence-corrected chi connectivity index (χ4v) is 4.83. The molecule has 0 aliphatic carbocycles. The van der Waals surface area contributed by atoms with Gasteiger partial charge >= 0.3 is 11.4 Å². The normalized spacial score (nSPS) is 17.6. The lowest BCUT2D eigenvalue weighted by molar-refractivity contribution is -0.387. The van der Waals surface area contributed by atoms with Crippen molar-refractivity contribution in [2.75, 3.05) is 13.1 Å². The third kappa shape index (κ3) is 4.35. The first-order valence-corrected chi connectivity index (χ1v) is 10.3. The highest BCUT2D eigenvalue weighted by molar-refractivity contribution is 7.89. The van der Waals surface area contributed by atoms with Crippen LogP contribution in [-0.2, 0) is 10.0 Å². The SMILES string of the molecule is CC1CCCN(S(=O)(=O)c2ccc(Oc3ccccc3[N+](=O)[O-])c([N+](=O)[O-])c2)C1. The Morgan fingerprint density at radius 3 is 2.34 bits per heavy atom. The number of ether oxygens (including phenoxy) is 1. The number of benzene rings is 2. The van der Waals surface area contributed by atoms with Gasteiger partial charge in [-0.2, -0.15) is 4.31 Å². The third-order valence-electron chi connectivity index (χ3n) is 4.67. The summed E-state index contributed by atoms with van der Waals surface area (Å²) in [6, 6.07) is 8.73. The molecule has 29 heavy (non-hydrogen) atoms. The van der Waals surface area contributed by atoms with Crippen LogP contribution < -0.4 is 4.74 Å². The highest BCUT2D eigenvalue weighted by atomic mass is 32.2. The number of para-hydroxylation sites is 2. The Morgan fingerprint density at radius 1 is 1.03 bits per heavy atom. The van der Waals surface area contributed by atoms with Crippen molar-refractivity contribution in [3.8, 4) is 11.5 Å². The van der Waals surface area contributed by atoms with Gasteiger partial charge in [0.1, 0.15) is 0 Å². The van der Waals surface area contributed by atoms with Crippen LogP contribution >= 0.6 is 0 Å². The molecule has 2 aromatic rings. The van der Waals surface area contributed by atoms with Crippen LogP contribution in [0.5, 0.6) is 11.5 Å². The van der Waals surface area contributed by atoms with Gasteiger partial charge < -0.3 is 4.74 Å². The van der Waals surface area contributed by atoms with Crippen molar-refractivity contribution in [3.05, 3.63) is 62.7 Å². The Balaban J connectivity index is 1.98. The molecular formula is C18H19N3O7S. The molecule has 10 nitrogen and oxygen atoms in total. The Bertz CT molecular complexity index is 1060. The van der Waals surface area contributed by atoms with Crippen LogP contribution in [0.3, 0.4) is 0 Å². The number of nitro benzene ring substituents is 2. The first-order chi connectivity index (χ1) is 13.7. The highest BCUT2D eigenvalue weighted by Gasteiger charge is 2.31. The Morgan fingerprint density at radius 2 is 1.69 bits per heavy atom. The van der Waals surface area contributed by atoms with Gasteiger partial charge in [-0.1, -0.05) is 19.1 Å². The average Bonchev–Trinajstić information content (AvgIpc) is 2.68. The minimum atomic E-state index is -3.90. The lowest BCUT2D eigenvalue weighted by Crippen LogP contribution is -2.39. The molecule has 0 bridgehead atoms. The second-order valence-electron chi connectivity index (χ2n) is 6.82. The number of piperidine rings is 1. The monoisotopic (exact) mass is 421 g/mol. The second kappa shape index (κ2) is 8.13. The fraction of sp³-hybridized carbons (Fsp3) is 0.333. The average molecular weight is 421 g/mol. The molecule has 154 valence electrons. The van der Waals surface area contributed by atoms with E-state index in [1.807, 2.05) is 6.92 Å². The summed E-state index contributed by atoms with van der Waals surface area (Å²) >= 11 is 0. The maximum absolute atomic E-state index is 12.9. The molecule has 0 N–H and O–H groups in total. The van der Waals surface area contributed by atoms with Crippen molar-refractivity contribution < 1.29 is 23.0 Å². The first-order valence-electron chi connectivity index (χ1n) is 8.90. The van der Waals surface area contributed by atoms with E-state index in [-0.39, 0.29) is 28.0 Å². The maximum atomic E-state index is 12.9. The zero-order valence-corrected chi connectivity index (χ0v) is 16.4. The summed E-state index contributed by atoms with van der Waals surface area (Å²) in [7, 11) is -3.90. The van der Waals surface area contributed by atoms with Gasteiger partial charge in [-0.05, 0) is 37.0 Å². The molecule has 0 spiro atoms. The zero-order valence-electron chi connectivity index (χ0n) is 15.6. The van der Waals surface area contributed by atoms with Crippen LogP contribution in [-0.4, -0.2) is 35.7 Å². The number of hydrogen-bond donors (Lipinski definition) is 0. The van der Waals surface area contributed by atoms with Crippen LogP contribution in [0.1, 0.15) is 19.8 Å². The van der Waals surface area contributed by atoms with Crippen LogP contribution in [0, 0.1) is 26.1 Å². The van der Waals surface area contributed by atoms with Gasteiger partial charge in [-0.3, -0.25) is 20.2 Å². The predicted molar refractivity (Wildman–Crippen MR) is 103 cm³/mol. The standard InChI is InChI=1S/C18H19N3O7S/c1-13-5-4-10-19(12-13)29(26,27)14-8-9-18(16(11-14)21(24)25)28-17-7-3-2-6-15(17)20(22)23/h2-3,6-9,11,13H,4-5,10,12H2,1H3. The fourth-order valence-electron chi connectivity index (χ4n) is 3.21. The molecule has 1 aliphatic heterocycles. The van der Waals surface area contributed by atoms with Crippen molar-refractivity contribution in [2.45, 2.75) is 24.7 Å². The van der Waals surface area contributed by atoms with E-state index < -0.39 is 25.6 Å². The quantitative estimate of drug-likeness (QED) is 0.513. The van der Waals surface area contributed by atoms with Crippen molar-refractivity contribution in [1.29, 1.82) is 0 Å². The Labute approximate surface area is 167 Å². The highest BCUT2D eigenvalue weighted by Crippen LogP contribution is 2.37. The molecule has 1 saturated heterocycles. The second-order valence-corrected chi connectivity index (χ2v) is 8.76. The molecule has 0 aromatic heterocycles. The van der Waals surface area contributed by atoms with Crippen molar-refractivity contribution in [3.63, 3.8) is 0 Å². The molecule has 0 amide bonds. The van der Waals surface area contributed by atoms with E-state index in [9.17, 15) is 28.6 Å². The third-order valence-corrected chi connectivity index (χ3v) is 6.53. The molecule has 0 saturated carbocycles. The molecule has 1 heterocycles. The van der Waals surface area contributed by atoms with Gasteiger partial charge in [0.2, 0.25) is 21.5 Å². The largest absolute Gasteiger partial charge is 0.443 e. The Hall–Kier alpha value is -3.05. The van der Waals surface area contributed by atoms with Gasteiger partial charge in [-0.15, -0.1) is 0 Å². The summed E-state index contributed by atoms with van der Waals surface area (Å²) in [6.45, 7) is 2.66. The summed E-state index contributed by atoms with van der Waals surface area (Å²) in [5.41, 5.74) is -0.949. The van der Waals surface area contributed by atoms with E-state index in [4.69, 9.17) is 4.74 Å². The first kappa shape index (κ1) is 20.7. The topological polar surface area (TPSA) is 133 Å². The maximum Gasteiger partial charge on any atom is 0.312 e. The van der Waals surface area contributed by atoms with Crippen molar-refractivity contribution >= 4 is 21.4 Å². The molecule has 1 fully saturated rings. The van der Waals surface area contributed by atoms with Gasteiger partial charge in [-0.25, -0.2) is 8.42 Å². The molecule has 1 unspecified atom stereocenters. The minimum absolute atomic E-state index is 0.180. The molecular weight excluding hydrogens is 402 g/mol. The number of nitro groups is 2. The van der Waals surface area contributed by atoms with Gasteiger partial charge in [0.15, 0.2) is 0 Å². The Kier molecular flexibility index (Phi) is 5.80. The van der Waals surface area contributed by atoms with Gasteiger partial charge in [0.25, 0.3) is 0 Å². The number of hydrogen-bond acceptors (Lipinski definition) is 7. The predicted octanol–water partition coefficient (Wildman–Crippen LogP) is 3.72. The molecule has 1 aliphatic rings. The molecule has 0 radical (unpaired) electrons. The number of sulfonamides is 1. The number of nitrogens with zero attached hydrogens (tertiary/aromatic N) is 3. The smallest absolute Gasteiger partial charge is 0.312 e. The van der Waals surface area contributed by atoms with Crippen molar-refractivity contribution in [2.24, 2.45) is 5.92 Å².